The predicted octanol–water partition coefficient (Wildman–Crippen LogP) is 3.11. The Morgan fingerprint density at radius 3 is 2.73 bits per heavy atom. The monoisotopic (exact) mass is 403 g/mol. The van der Waals surface area contributed by atoms with Gasteiger partial charge in [-0.05, 0) is 38.5 Å². The molecule has 1 atom stereocenters. The number of aryl methyl sites for hydroxylation is 1. The lowest BCUT2D eigenvalue weighted by atomic mass is 9.86. The number of benzene rings is 1. The van der Waals surface area contributed by atoms with Crippen LogP contribution in [0.25, 0.3) is 17.0 Å². The molecule has 1 aliphatic heterocycles. The Kier molecular flexibility index (Phi) is 4.23. The highest BCUT2D eigenvalue weighted by Crippen LogP contribution is 2.40. The van der Waals surface area contributed by atoms with E-state index in [2.05, 4.69) is 25.3 Å². The quantitative estimate of drug-likeness (QED) is 0.542. The van der Waals surface area contributed by atoms with E-state index in [1.807, 2.05) is 45.0 Å². The molecule has 4 heterocycles. The SMILES string of the molecule is Cc1nn(-c2ncnc3nc[nH]c23)c2c1[C@H](c1ccc(OC(C)C)cc1)CC(=O)N2. The summed E-state index contributed by atoms with van der Waals surface area (Å²) in [4.78, 5) is 28.4. The van der Waals surface area contributed by atoms with Crippen molar-refractivity contribution in [1.82, 2.24) is 29.7 Å². The number of rotatable bonds is 4. The van der Waals surface area contributed by atoms with Crippen LogP contribution in [0.5, 0.6) is 5.75 Å². The van der Waals surface area contributed by atoms with Crippen LogP contribution in [-0.4, -0.2) is 41.7 Å². The molecule has 0 spiro atoms. The van der Waals surface area contributed by atoms with E-state index in [0.29, 0.717) is 29.2 Å². The van der Waals surface area contributed by atoms with Gasteiger partial charge in [-0.2, -0.15) is 9.78 Å². The van der Waals surface area contributed by atoms with Gasteiger partial charge in [-0.25, -0.2) is 15.0 Å². The van der Waals surface area contributed by atoms with Crippen molar-refractivity contribution >= 4 is 22.9 Å². The molecule has 152 valence electrons. The van der Waals surface area contributed by atoms with E-state index in [1.54, 1.807) is 11.0 Å². The normalized spacial score (nSPS) is 16.0. The fourth-order valence-electron chi connectivity index (χ4n) is 3.95. The lowest BCUT2D eigenvalue weighted by molar-refractivity contribution is -0.116. The molecular formula is C21H21N7O2. The van der Waals surface area contributed by atoms with Crippen molar-refractivity contribution in [3.63, 3.8) is 0 Å². The van der Waals surface area contributed by atoms with Crippen molar-refractivity contribution in [2.24, 2.45) is 0 Å². The van der Waals surface area contributed by atoms with Gasteiger partial charge in [0.2, 0.25) is 5.91 Å². The largest absolute Gasteiger partial charge is 0.491 e. The summed E-state index contributed by atoms with van der Waals surface area (Å²) in [6.45, 7) is 5.93. The fourth-order valence-corrected chi connectivity index (χ4v) is 3.95. The topological polar surface area (TPSA) is 111 Å². The third-order valence-electron chi connectivity index (χ3n) is 5.16. The van der Waals surface area contributed by atoms with E-state index < -0.39 is 0 Å². The standard InChI is InChI=1S/C21H21N7O2/c1-11(2)30-14-6-4-13(5-7-14)15-8-16(29)26-20-17(15)12(3)27-28(20)21-18-19(23-9-22-18)24-10-25-21/h4-7,9-11,15H,8H2,1-3H3,(H,26,29)(H,22,23,24,25)/t15-/m0/s1. The number of carbonyl (C=O) groups is 1. The first-order chi connectivity index (χ1) is 14.5. The van der Waals surface area contributed by atoms with Gasteiger partial charge in [-0.15, -0.1) is 0 Å². The molecule has 0 saturated heterocycles. The van der Waals surface area contributed by atoms with Crippen LogP contribution in [0.2, 0.25) is 0 Å². The molecule has 9 heteroatoms. The third kappa shape index (κ3) is 2.99. The number of aromatic amines is 1. The molecule has 1 aliphatic rings. The molecule has 0 aliphatic carbocycles. The second kappa shape index (κ2) is 6.94. The van der Waals surface area contributed by atoms with Crippen LogP contribution < -0.4 is 10.1 Å². The fraction of sp³-hybridized carbons (Fsp3) is 0.286. The number of amides is 1. The highest BCUT2D eigenvalue weighted by Gasteiger charge is 2.33. The summed E-state index contributed by atoms with van der Waals surface area (Å²) in [7, 11) is 0. The molecular weight excluding hydrogens is 382 g/mol. The Hall–Kier alpha value is -3.75. The summed E-state index contributed by atoms with van der Waals surface area (Å²) in [6.07, 6.45) is 3.47. The first-order valence-electron chi connectivity index (χ1n) is 9.81. The van der Waals surface area contributed by atoms with Crippen LogP contribution in [0.1, 0.15) is 43.0 Å². The number of hydrogen-bond acceptors (Lipinski definition) is 6. The minimum absolute atomic E-state index is 0.0638. The van der Waals surface area contributed by atoms with E-state index in [4.69, 9.17) is 9.84 Å². The average molecular weight is 403 g/mol. The summed E-state index contributed by atoms with van der Waals surface area (Å²) >= 11 is 0. The summed E-state index contributed by atoms with van der Waals surface area (Å²) < 4.78 is 7.41. The van der Waals surface area contributed by atoms with E-state index in [0.717, 1.165) is 22.6 Å². The van der Waals surface area contributed by atoms with E-state index in [-0.39, 0.29) is 17.9 Å². The second-order valence-electron chi connectivity index (χ2n) is 7.60. The zero-order valence-corrected chi connectivity index (χ0v) is 16.9. The minimum atomic E-state index is -0.102. The summed E-state index contributed by atoms with van der Waals surface area (Å²) in [5.41, 5.74) is 4.07. The van der Waals surface area contributed by atoms with Gasteiger partial charge in [0.05, 0.1) is 18.1 Å². The molecule has 1 amide bonds. The molecule has 0 unspecified atom stereocenters. The van der Waals surface area contributed by atoms with Crippen molar-refractivity contribution in [3.05, 3.63) is 53.7 Å². The summed E-state index contributed by atoms with van der Waals surface area (Å²) in [5, 5.41) is 7.68. The third-order valence-corrected chi connectivity index (χ3v) is 5.16. The maximum atomic E-state index is 12.6. The number of anilines is 1. The zero-order valence-electron chi connectivity index (χ0n) is 16.9. The number of hydrogen-bond donors (Lipinski definition) is 2. The van der Waals surface area contributed by atoms with Gasteiger partial charge in [0, 0.05) is 17.9 Å². The first kappa shape index (κ1) is 18.3. The van der Waals surface area contributed by atoms with Gasteiger partial charge in [0.25, 0.3) is 0 Å². The minimum Gasteiger partial charge on any atom is -0.491 e. The molecule has 2 N–H and O–H groups in total. The average Bonchev–Trinajstić information content (AvgIpc) is 3.32. The molecule has 0 bridgehead atoms. The smallest absolute Gasteiger partial charge is 0.226 e. The molecule has 0 fully saturated rings. The Balaban J connectivity index is 1.61. The number of H-pyrrole nitrogens is 1. The number of fused-ring (bicyclic) bond motifs is 2. The van der Waals surface area contributed by atoms with Crippen molar-refractivity contribution in [2.75, 3.05) is 5.32 Å². The van der Waals surface area contributed by atoms with E-state index >= 15 is 0 Å². The first-order valence-corrected chi connectivity index (χ1v) is 9.81. The Labute approximate surface area is 172 Å². The van der Waals surface area contributed by atoms with Gasteiger partial charge in [-0.1, -0.05) is 12.1 Å². The van der Waals surface area contributed by atoms with Crippen LogP contribution in [0, 0.1) is 6.92 Å². The number of imidazole rings is 1. The molecule has 5 rings (SSSR count). The summed E-state index contributed by atoms with van der Waals surface area (Å²) in [6, 6.07) is 7.91. The number of nitrogens with one attached hydrogen (secondary N) is 2. The maximum absolute atomic E-state index is 12.6. The van der Waals surface area contributed by atoms with E-state index in [1.165, 1.54) is 6.33 Å². The maximum Gasteiger partial charge on any atom is 0.226 e. The molecule has 3 aromatic heterocycles. The number of aromatic nitrogens is 6. The van der Waals surface area contributed by atoms with Crippen molar-refractivity contribution in [3.8, 4) is 11.6 Å². The molecule has 0 radical (unpaired) electrons. The molecule has 1 aromatic carbocycles. The van der Waals surface area contributed by atoms with E-state index in [9.17, 15) is 4.79 Å². The second-order valence-corrected chi connectivity index (χ2v) is 7.60. The van der Waals surface area contributed by atoms with Crippen LogP contribution in [0.15, 0.2) is 36.9 Å². The van der Waals surface area contributed by atoms with Crippen LogP contribution in [0.3, 0.4) is 0 Å². The molecule has 4 aromatic rings. The van der Waals surface area contributed by atoms with Crippen LogP contribution in [0.4, 0.5) is 5.82 Å². The van der Waals surface area contributed by atoms with Gasteiger partial charge < -0.3 is 15.0 Å². The van der Waals surface area contributed by atoms with Gasteiger partial charge in [-0.3, -0.25) is 4.79 Å². The predicted molar refractivity (Wildman–Crippen MR) is 111 cm³/mol. The number of carbonyl (C=O) groups excluding carboxylic acids is 1. The molecule has 0 saturated carbocycles. The van der Waals surface area contributed by atoms with Gasteiger partial charge in [0.1, 0.15) is 23.4 Å². The van der Waals surface area contributed by atoms with Crippen LogP contribution >= 0.6 is 0 Å². The molecule has 9 nitrogen and oxygen atoms in total. The van der Waals surface area contributed by atoms with Gasteiger partial charge in [0.15, 0.2) is 11.5 Å². The zero-order chi connectivity index (χ0) is 20.8. The summed E-state index contributed by atoms with van der Waals surface area (Å²) in [5.74, 6) is 1.82. The lowest BCUT2D eigenvalue weighted by Crippen LogP contribution is -2.25. The number of nitrogens with zero attached hydrogens (tertiary/aromatic N) is 5. The highest BCUT2D eigenvalue weighted by atomic mass is 16.5. The Morgan fingerprint density at radius 1 is 1.17 bits per heavy atom. The van der Waals surface area contributed by atoms with Crippen molar-refractivity contribution < 1.29 is 9.53 Å². The Bertz CT molecular complexity index is 1240. The van der Waals surface area contributed by atoms with Crippen molar-refractivity contribution in [1.29, 1.82) is 0 Å². The number of ether oxygens (including phenoxy) is 1. The lowest BCUT2D eigenvalue weighted by Gasteiger charge is -2.24. The van der Waals surface area contributed by atoms with Crippen LogP contribution in [-0.2, 0) is 4.79 Å². The highest BCUT2D eigenvalue weighted by molar-refractivity contribution is 5.95. The van der Waals surface area contributed by atoms with Crippen molar-refractivity contribution in [2.45, 2.75) is 39.2 Å². The Morgan fingerprint density at radius 2 is 1.97 bits per heavy atom. The van der Waals surface area contributed by atoms with Gasteiger partial charge >= 0.3 is 0 Å². The molecule has 30 heavy (non-hydrogen) atoms.